The summed E-state index contributed by atoms with van der Waals surface area (Å²) >= 11 is 0. The molecule has 0 unspecified atom stereocenters. The summed E-state index contributed by atoms with van der Waals surface area (Å²) in [5, 5.41) is 11.4. The molecule has 0 radical (unpaired) electrons. The van der Waals surface area contributed by atoms with Crippen molar-refractivity contribution in [2.75, 3.05) is 5.32 Å². The van der Waals surface area contributed by atoms with Gasteiger partial charge in [0, 0.05) is 6.42 Å². The van der Waals surface area contributed by atoms with Gasteiger partial charge in [-0.25, -0.2) is 9.18 Å². The highest BCUT2D eigenvalue weighted by Gasteiger charge is 2.25. The second-order valence-electron chi connectivity index (χ2n) is 4.19. The molecule has 1 amide bonds. The van der Waals surface area contributed by atoms with Crippen LogP contribution in [-0.2, 0) is 4.79 Å². The molecule has 4 nitrogen and oxygen atoms in total. The second-order valence-corrected chi connectivity index (χ2v) is 4.19. The molecule has 1 fully saturated rings. The quantitative estimate of drug-likeness (QED) is 0.844. The maximum Gasteiger partial charge on any atom is 0.337 e. The number of aromatic carboxylic acids is 1. The Morgan fingerprint density at radius 1 is 1.41 bits per heavy atom. The van der Waals surface area contributed by atoms with Gasteiger partial charge in [0.1, 0.15) is 5.82 Å². The maximum atomic E-state index is 12.9. The van der Waals surface area contributed by atoms with Gasteiger partial charge >= 0.3 is 5.97 Å². The summed E-state index contributed by atoms with van der Waals surface area (Å²) in [7, 11) is 0. The minimum atomic E-state index is -1.26. The second kappa shape index (κ2) is 4.53. The van der Waals surface area contributed by atoms with Gasteiger partial charge in [0.25, 0.3) is 0 Å². The van der Waals surface area contributed by atoms with Crippen LogP contribution in [0, 0.1) is 11.7 Å². The molecular weight excluding hydrogens is 225 g/mol. The summed E-state index contributed by atoms with van der Waals surface area (Å²) < 4.78 is 12.9. The van der Waals surface area contributed by atoms with Crippen LogP contribution in [0.5, 0.6) is 0 Å². The first-order chi connectivity index (χ1) is 8.06. The van der Waals surface area contributed by atoms with Crippen molar-refractivity contribution in [2.45, 2.75) is 19.3 Å². The Bertz CT molecular complexity index is 469. The van der Waals surface area contributed by atoms with Crippen LogP contribution in [0.25, 0.3) is 0 Å². The average Bonchev–Trinajstić information content (AvgIpc) is 3.04. The molecule has 0 bridgehead atoms. The topological polar surface area (TPSA) is 66.4 Å². The third kappa shape index (κ3) is 3.03. The van der Waals surface area contributed by atoms with Crippen LogP contribution in [0.15, 0.2) is 18.2 Å². The van der Waals surface area contributed by atoms with Gasteiger partial charge < -0.3 is 10.4 Å². The molecule has 0 spiro atoms. The van der Waals surface area contributed by atoms with Crippen LogP contribution in [0.2, 0.25) is 0 Å². The van der Waals surface area contributed by atoms with Crippen LogP contribution in [-0.4, -0.2) is 17.0 Å². The van der Waals surface area contributed by atoms with Gasteiger partial charge in [0.2, 0.25) is 5.91 Å². The smallest absolute Gasteiger partial charge is 0.337 e. The Hall–Kier alpha value is -1.91. The predicted octanol–water partition coefficient (Wildman–Crippen LogP) is 2.26. The molecule has 1 saturated carbocycles. The molecule has 0 aliphatic heterocycles. The fraction of sp³-hybridized carbons (Fsp3) is 0.333. The number of hydrogen-bond acceptors (Lipinski definition) is 2. The lowest BCUT2D eigenvalue weighted by Gasteiger charge is -2.08. The van der Waals surface area contributed by atoms with E-state index < -0.39 is 11.8 Å². The van der Waals surface area contributed by atoms with Gasteiger partial charge in [-0.05, 0) is 37.0 Å². The molecule has 2 N–H and O–H groups in total. The molecule has 90 valence electrons. The van der Waals surface area contributed by atoms with Gasteiger partial charge in [-0.15, -0.1) is 0 Å². The molecule has 2 rings (SSSR count). The number of anilines is 1. The number of benzene rings is 1. The zero-order valence-corrected chi connectivity index (χ0v) is 9.07. The van der Waals surface area contributed by atoms with Gasteiger partial charge in [-0.3, -0.25) is 4.79 Å². The van der Waals surface area contributed by atoms with Gasteiger partial charge in [0.15, 0.2) is 0 Å². The summed E-state index contributed by atoms with van der Waals surface area (Å²) in [6.07, 6.45) is 2.49. The Morgan fingerprint density at radius 3 is 2.71 bits per heavy atom. The van der Waals surface area contributed by atoms with Crippen molar-refractivity contribution >= 4 is 17.6 Å². The SMILES string of the molecule is O=C(CC1CC1)Nc1ccc(F)cc1C(=O)O. The van der Waals surface area contributed by atoms with E-state index in [1.165, 1.54) is 6.07 Å². The van der Waals surface area contributed by atoms with Crippen molar-refractivity contribution in [3.8, 4) is 0 Å². The molecule has 0 aromatic heterocycles. The molecule has 5 heteroatoms. The van der Waals surface area contributed by atoms with E-state index in [0.717, 1.165) is 25.0 Å². The number of rotatable bonds is 4. The fourth-order valence-corrected chi connectivity index (χ4v) is 1.59. The molecule has 0 heterocycles. The third-order valence-corrected chi connectivity index (χ3v) is 2.66. The summed E-state index contributed by atoms with van der Waals surface area (Å²) in [4.78, 5) is 22.4. The Labute approximate surface area is 97.4 Å². The van der Waals surface area contributed by atoms with Crippen molar-refractivity contribution < 1.29 is 19.1 Å². The molecular formula is C12H12FNO3. The van der Waals surface area contributed by atoms with E-state index >= 15 is 0 Å². The number of carbonyl (C=O) groups is 2. The van der Waals surface area contributed by atoms with Crippen molar-refractivity contribution in [3.63, 3.8) is 0 Å². The molecule has 17 heavy (non-hydrogen) atoms. The highest BCUT2D eigenvalue weighted by Crippen LogP contribution is 2.32. The Kier molecular flexibility index (Phi) is 3.08. The third-order valence-electron chi connectivity index (χ3n) is 2.66. The van der Waals surface area contributed by atoms with Crippen LogP contribution in [0.1, 0.15) is 29.6 Å². The number of carbonyl (C=O) groups excluding carboxylic acids is 1. The van der Waals surface area contributed by atoms with Gasteiger partial charge in [-0.2, -0.15) is 0 Å². The Balaban J connectivity index is 2.13. The van der Waals surface area contributed by atoms with Gasteiger partial charge in [0.05, 0.1) is 11.3 Å². The standard InChI is InChI=1S/C12H12FNO3/c13-8-3-4-10(9(6-8)12(16)17)14-11(15)5-7-1-2-7/h3-4,6-7H,1-2,5H2,(H,14,15)(H,16,17). The summed E-state index contributed by atoms with van der Waals surface area (Å²) in [5.74, 6) is -1.70. The van der Waals surface area contributed by atoms with Gasteiger partial charge in [-0.1, -0.05) is 0 Å². The largest absolute Gasteiger partial charge is 0.478 e. The first-order valence-electron chi connectivity index (χ1n) is 5.39. The number of carboxylic acid groups (broad SMARTS) is 1. The fourth-order valence-electron chi connectivity index (χ4n) is 1.59. The van der Waals surface area contributed by atoms with Crippen molar-refractivity contribution in [2.24, 2.45) is 5.92 Å². The minimum absolute atomic E-state index is 0.143. The van der Waals surface area contributed by atoms with Crippen molar-refractivity contribution in [1.29, 1.82) is 0 Å². The number of halogens is 1. The normalized spacial score (nSPS) is 14.4. The van der Waals surface area contributed by atoms with E-state index in [-0.39, 0.29) is 17.2 Å². The first kappa shape index (κ1) is 11.6. The number of carboxylic acids is 1. The lowest BCUT2D eigenvalue weighted by atomic mass is 10.1. The van der Waals surface area contributed by atoms with Crippen LogP contribution in [0.4, 0.5) is 10.1 Å². The number of amides is 1. The predicted molar refractivity (Wildman–Crippen MR) is 59.3 cm³/mol. The lowest BCUT2D eigenvalue weighted by Crippen LogP contribution is -2.15. The molecule has 1 aliphatic carbocycles. The van der Waals surface area contributed by atoms with Crippen LogP contribution < -0.4 is 5.32 Å². The summed E-state index contributed by atoms with van der Waals surface area (Å²) in [6.45, 7) is 0. The molecule has 1 aromatic carbocycles. The molecule has 1 aromatic rings. The minimum Gasteiger partial charge on any atom is -0.478 e. The van der Waals surface area contributed by atoms with Crippen LogP contribution >= 0.6 is 0 Å². The van der Waals surface area contributed by atoms with E-state index in [1.807, 2.05) is 0 Å². The number of hydrogen-bond donors (Lipinski definition) is 2. The summed E-state index contributed by atoms with van der Waals surface area (Å²) in [6, 6.07) is 3.29. The van der Waals surface area contributed by atoms with E-state index in [9.17, 15) is 14.0 Å². The maximum absolute atomic E-state index is 12.9. The highest BCUT2D eigenvalue weighted by molar-refractivity contribution is 6.00. The zero-order valence-electron chi connectivity index (χ0n) is 9.07. The monoisotopic (exact) mass is 237 g/mol. The zero-order chi connectivity index (χ0) is 12.4. The van der Waals surface area contributed by atoms with E-state index in [1.54, 1.807) is 0 Å². The molecule has 1 aliphatic rings. The van der Waals surface area contributed by atoms with Crippen molar-refractivity contribution in [3.05, 3.63) is 29.6 Å². The summed E-state index contributed by atoms with van der Waals surface area (Å²) in [5.41, 5.74) is -0.0845. The van der Waals surface area contributed by atoms with E-state index in [2.05, 4.69) is 5.32 Å². The van der Waals surface area contributed by atoms with Crippen LogP contribution in [0.3, 0.4) is 0 Å². The lowest BCUT2D eigenvalue weighted by molar-refractivity contribution is -0.116. The van der Waals surface area contributed by atoms with E-state index in [4.69, 9.17) is 5.11 Å². The first-order valence-corrected chi connectivity index (χ1v) is 5.39. The molecule has 0 saturated heterocycles. The average molecular weight is 237 g/mol. The highest BCUT2D eigenvalue weighted by atomic mass is 19.1. The van der Waals surface area contributed by atoms with E-state index in [0.29, 0.717) is 12.3 Å². The molecule has 0 atom stereocenters. The Morgan fingerprint density at radius 2 is 2.12 bits per heavy atom. The van der Waals surface area contributed by atoms with Crippen molar-refractivity contribution in [1.82, 2.24) is 0 Å². The number of nitrogens with one attached hydrogen (secondary N) is 1.